The van der Waals surface area contributed by atoms with Gasteiger partial charge >= 0.3 is 12.4 Å². The second-order valence-corrected chi connectivity index (χ2v) is 7.02. The van der Waals surface area contributed by atoms with Crippen LogP contribution in [-0.2, 0) is 6.54 Å². The molecule has 0 bridgehead atoms. The van der Waals surface area contributed by atoms with Gasteiger partial charge in [-0.1, -0.05) is 17.3 Å². The zero-order chi connectivity index (χ0) is 23.4. The van der Waals surface area contributed by atoms with E-state index >= 15 is 0 Å². The third kappa shape index (κ3) is 5.73. The number of alkyl halides is 3. The van der Waals surface area contributed by atoms with Crippen LogP contribution in [0.3, 0.4) is 0 Å². The number of aromatic nitrogens is 2. The molecule has 0 saturated heterocycles. The molecule has 0 fully saturated rings. The summed E-state index contributed by atoms with van der Waals surface area (Å²) >= 11 is 0. The van der Waals surface area contributed by atoms with E-state index < -0.39 is 6.36 Å². The summed E-state index contributed by atoms with van der Waals surface area (Å²) in [5.74, 6) is 0.534. The van der Waals surface area contributed by atoms with Gasteiger partial charge in [0, 0.05) is 17.5 Å². The number of benzene rings is 2. The van der Waals surface area contributed by atoms with Gasteiger partial charge in [-0.15, -0.1) is 18.7 Å². The predicted molar refractivity (Wildman–Crippen MR) is 110 cm³/mol. The summed E-state index contributed by atoms with van der Waals surface area (Å²) < 4.78 is 51.5. The topological polar surface area (TPSA) is 96.1 Å². The third-order valence-corrected chi connectivity index (χ3v) is 4.54. The average Bonchev–Trinajstić information content (AvgIpc) is 3.39. The highest BCUT2D eigenvalue weighted by Crippen LogP contribution is 2.27. The monoisotopic (exact) mass is 463 g/mol. The van der Waals surface area contributed by atoms with E-state index in [1.54, 1.807) is 11.2 Å². The van der Waals surface area contributed by atoms with Gasteiger partial charge in [-0.3, -0.25) is 5.01 Å². The molecular weight excluding hydrogens is 443 g/mol. The Balaban J connectivity index is 1.40. The van der Waals surface area contributed by atoms with Crippen LogP contribution in [0, 0.1) is 0 Å². The summed E-state index contributed by atoms with van der Waals surface area (Å²) in [6.07, 6.45) is -2.99. The first-order valence-corrected chi connectivity index (χ1v) is 9.85. The summed E-state index contributed by atoms with van der Waals surface area (Å²) in [5, 5.41) is 16.2. The Morgan fingerprint density at radius 2 is 1.91 bits per heavy atom. The number of aliphatic hydroxyl groups excluding tert-OH is 1. The molecule has 9 nitrogen and oxygen atoms in total. The molecule has 3 aromatic rings. The number of hydrazine groups is 2. The van der Waals surface area contributed by atoms with Crippen molar-refractivity contribution in [3.05, 3.63) is 66.0 Å². The van der Waals surface area contributed by atoms with Gasteiger partial charge in [-0.05, 0) is 48.9 Å². The third-order valence-electron chi connectivity index (χ3n) is 4.54. The maximum atomic E-state index is 12.3. The number of halogens is 3. The van der Waals surface area contributed by atoms with Gasteiger partial charge in [0.15, 0.2) is 0 Å². The summed E-state index contributed by atoms with van der Waals surface area (Å²) in [6.45, 7) is 2.56. The van der Waals surface area contributed by atoms with Crippen molar-refractivity contribution in [1.29, 1.82) is 0 Å². The lowest BCUT2D eigenvalue weighted by molar-refractivity contribution is -0.274. The molecule has 0 atom stereocenters. The Bertz CT molecular complexity index is 1120. The molecule has 2 aromatic carbocycles. The summed E-state index contributed by atoms with van der Waals surface area (Å²) in [4.78, 5) is 4.30. The van der Waals surface area contributed by atoms with E-state index in [0.29, 0.717) is 17.9 Å². The van der Waals surface area contributed by atoms with E-state index in [0.717, 1.165) is 11.3 Å². The molecule has 1 aromatic heterocycles. The summed E-state index contributed by atoms with van der Waals surface area (Å²) in [5.41, 5.74) is 5.44. The molecule has 0 spiro atoms. The first-order chi connectivity index (χ1) is 15.8. The minimum Gasteiger partial charge on any atom is -0.491 e. The summed E-state index contributed by atoms with van der Waals surface area (Å²) in [6, 6.07) is 12.8. The van der Waals surface area contributed by atoms with Crippen molar-refractivity contribution in [3.8, 4) is 22.9 Å². The number of nitrogens with zero attached hydrogens (tertiary/aromatic N) is 4. The van der Waals surface area contributed by atoms with Crippen molar-refractivity contribution >= 4 is 6.01 Å². The zero-order valence-corrected chi connectivity index (χ0v) is 17.4. The molecule has 174 valence electrons. The number of nitrogens with one attached hydrogen (secondary N) is 1. The SMILES string of the molecule is CC1=CN(c2nc(-c3ccc(OC(F)(F)F)cc3)no2)NN1Cc1cccc(OCCO)c1. The van der Waals surface area contributed by atoms with E-state index in [1.807, 2.05) is 36.2 Å². The smallest absolute Gasteiger partial charge is 0.491 e. The molecule has 12 heteroatoms. The Labute approximate surface area is 186 Å². The van der Waals surface area contributed by atoms with Crippen LogP contribution in [-0.4, -0.2) is 39.8 Å². The molecule has 1 aliphatic rings. The van der Waals surface area contributed by atoms with E-state index in [-0.39, 0.29) is 30.8 Å². The highest BCUT2D eigenvalue weighted by molar-refractivity contribution is 5.57. The van der Waals surface area contributed by atoms with Crippen LogP contribution in [0.1, 0.15) is 12.5 Å². The molecule has 0 unspecified atom stereocenters. The number of allylic oxidation sites excluding steroid dienone is 1. The van der Waals surface area contributed by atoms with Gasteiger partial charge in [0.1, 0.15) is 18.1 Å². The van der Waals surface area contributed by atoms with Crippen molar-refractivity contribution < 1.29 is 32.3 Å². The van der Waals surface area contributed by atoms with Gasteiger partial charge in [0.2, 0.25) is 5.82 Å². The van der Waals surface area contributed by atoms with Crippen LogP contribution in [0.2, 0.25) is 0 Å². The lowest BCUT2D eigenvalue weighted by Gasteiger charge is -2.22. The highest BCUT2D eigenvalue weighted by Gasteiger charge is 2.31. The molecule has 33 heavy (non-hydrogen) atoms. The van der Waals surface area contributed by atoms with Gasteiger partial charge in [-0.2, -0.15) is 4.98 Å². The van der Waals surface area contributed by atoms with Crippen LogP contribution in [0.15, 0.2) is 65.0 Å². The van der Waals surface area contributed by atoms with Crippen LogP contribution in [0.25, 0.3) is 11.4 Å². The van der Waals surface area contributed by atoms with Crippen molar-refractivity contribution in [2.45, 2.75) is 19.8 Å². The number of rotatable bonds is 8. The Morgan fingerprint density at radius 3 is 2.64 bits per heavy atom. The Hall–Kier alpha value is -3.77. The molecule has 2 N–H and O–H groups in total. The van der Waals surface area contributed by atoms with Crippen molar-refractivity contribution in [3.63, 3.8) is 0 Å². The normalized spacial score (nSPS) is 13.9. The highest BCUT2D eigenvalue weighted by atomic mass is 19.4. The Morgan fingerprint density at radius 1 is 1.12 bits per heavy atom. The maximum absolute atomic E-state index is 12.3. The Kier molecular flexibility index (Phi) is 6.38. The van der Waals surface area contributed by atoms with Crippen molar-refractivity contribution in [2.24, 2.45) is 0 Å². The van der Waals surface area contributed by atoms with Crippen LogP contribution < -0.4 is 20.0 Å². The number of hydrogen-bond donors (Lipinski definition) is 2. The fourth-order valence-electron chi connectivity index (χ4n) is 3.07. The molecule has 2 heterocycles. The van der Waals surface area contributed by atoms with E-state index in [1.165, 1.54) is 24.3 Å². The van der Waals surface area contributed by atoms with Crippen molar-refractivity contribution in [1.82, 2.24) is 20.7 Å². The number of anilines is 1. The predicted octanol–water partition coefficient (Wildman–Crippen LogP) is 3.61. The maximum Gasteiger partial charge on any atom is 0.573 e. The van der Waals surface area contributed by atoms with Crippen LogP contribution in [0.5, 0.6) is 11.5 Å². The first-order valence-electron chi connectivity index (χ1n) is 9.85. The second-order valence-electron chi connectivity index (χ2n) is 7.02. The minimum absolute atomic E-state index is 0.0631. The quantitative estimate of drug-likeness (QED) is 0.519. The minimum atomic E-state index is -4.76. The zero-order valence-electron chi connectivity index (χ0n) is 17.4. The lowest BCUT2D eigenvalue weighted by atomic mass is 10.2. The number of aliphatic hydroxyl groups is 1. The molecule has 0 radical (unpaired) electrons. The molecule has 0 amide bonds. The molecular formula is C21H20F3N5O4. The van der Waals surface area contributed by atoms with Crippen molar-refractivity contribution in [2.75, 3.05) is 18.2 Å². The second kappa shape index (κ2) is 9.38. The fraction of sp³-hybridized carbons (Fsp3) is 0.238. The number of ether oxygens (including phenoxy) is 2. The standard InChI is InChI=1S/C21H20F3N5O4/c1-14-12-29(27-28(14)13-15-3-2-4-18(11-15)31-10-9-30)20-25-19(26-33-20)16-5-7-17(8-6-16)32-21(22,23)24/h2-8,11-12,27,30H,9-10,13H2,1H3. The van der Waals surface area contributed by atoms with Crippen LogP contribution in [0.4, 0.5) is 19.2 Å². The largest absolute Gasteiger partial charge is 0.573 e. The average molecular weight is 463 g/mol. The first kappa shape index (κ1) is 22.4. The molecule has 4 rings (SSSR count). The molecule has 0 aliphatic carbocycles. The summed E-state index contributed by atoms with van der Waals surface area (Å²) in [7, 11) is 0. The van der Waals surface area contributed by atoms with Gasteiger partial charge < -0.3 is 19.1 Å². The van der Waals surface area contributed by atoms with Gasteiger partial charge in [-0.25, -0.2) is 5.01 Å². The van der Waals surface area contributed by atoms with Gasteiger partial charge in [0.25, 0.3) is 0 Å². The van der Waals surface area contributed by atoms with E-state index in [4.69, 9.17) is 14.4 Å². The molecule has 1 aliphatic heterocycles. The fourth-order valence-corrected chi connectivity index (χ4v) is 3.07. The van der Waals surface area contributed by atoms with Crippen LogP contribution >= 0.6 is 0 Å². The lowest BCUT2D eigenvalue weighted by Crippen LogP contribution is -2.40. The molecule has 0 saturated carbocycles. The van der Waals surface area contributed by atoms with E-state index in [2.05, 4.69) is 20.4 Å². The van der Waals surface area contributed by atoms with Gasteiger partial charge in [0.05, 0.1) is 13.2 Å². The number of hydrogen-bond acceptors (Lipinski definition) is 9. The van der Waals surface area contributed by atoms with E-state index in [9.17, 15) is 13.2 Å².